The summed E-state index contributed by atoms with van der Waals surface area (Å²) < 4.78 is 5.84. The highest BCUT2D eigenvalue weighted by Crippen LogP contribution is 2.43. The molecule has 6 nitrogen and oxygen atoms in total. The average molecular weight is 491 g/mol. The lowest BCUT2D eigenvalue weighted by atomic mass is 9.95. The number of aryl methyl sites for hydroxylation is 2. The maximum atomic E-state index is 13.3. The number of Topliss-reactive ketones (excluding diaryl/α,β-unsaturated/α-hetero) is 1. The van der Waals surface area contributed by atoms with Gasteiger partial charge in [-0.25, -0.2) is 0 Å². The van der Waals surface area contributed by atoms with Crippen LogP contribution in [0.1, 0.15) is 42.1 Å². The lowest BCUT2D eigenvalue weighted by molar-refractivity contribution is -0.132. The highest BCUT2D eigenvalue weighted by molar-refractivity contribution is 6.51. The van der Waals surface area contributed by atoms with Crippen LogP contribution in [-0.4, -0.2) is 28.4 Å². The number of carbonyl (C=O) groups is 2. The largest absolute Gasteiger partial charge is 0.507 e. The molecule has 4 rings (SSSR count). The molecule has 0 radical (unpaired) electrons. The number of aromatic nitrogens is 1. The maximum Gasteiger partial charge on any atom is 0.300 e. The third-order valence-electron chi connectivity index (χ3n) is 5.91. The van der Waals surface area contributed by atoms with Crippen LogP contribution in [0.2, 0.25) is 5.02 Å². The number of rotatable bonds is 6. The van der Waals surface area contributed by atoms with E-state index in [1.807, 2.05) is 13.8 Å². The van der Waals surface area contributed by atoms with Crippen molar-refractivity contribution in [2.45, 2.75) is 33.7 Å². The number of aliphatic hydroxyl groups is 1. The average Bonchev–Trinajstić information content (AvgIpc) is 3.08. The van der Waals surface area contributed by atoms with Crippen LogP contribution < -0.4 is 9.64 Å². The Hall–Kier alpha value is -3.64. The summed E-state index contributed by atoms with van der Waals surface area (Å²) in [6.07, 6.45) is 3.18. The van der Waals surface area contributed by atoms with E-state index < -0.39 is 17.7 Å². The topological polar surface area (TPSA) is 79.7 Å². The first-order valence-corrected chi connectivity index (χ1v) is 11.8. The fraction of sp³-hybridized carbons (Fsp3) is 0.250. The van der Waals surface area contributed by atoms with Crippen LogP contribution in [0.15, 0.2) is 66.5 Å². The Morgan fingerprint density at radius 3 is 2.40 bits per heavy atom. The molecular weight excluding hydrogens is 464 g/mol. The monoisotopic (exact) mass is 490 g/mol. The maximum absolute atomic E-state index is 13.3. The Bertz CT molecular complexity index is 1320. The van der Waals surface area contributed by atoms with E-state index in [-0.39, 0.29) is 11.3 Å². The van der Waals surface area contributed by atoms with Gasteiger partial charge in [-0.2, -0.15) is 0 Å². The van der Waals surface area contributed by atoms with Crippen LogP contribution in [-0.2, 0) is 9.59 Å². The molecule has 1 N–H and O–H groups in total. The SMILES string of the molecule is Cc1cc(/C(O)=C2\C(=O)C(=O)N(c3ccc(Cl)cc3C)C2c2ccncc2)ccc1OCC(C)C. The molecule has 1 unspecified atom stereocenters. The van der Waals surface area contributed by atoms with E-state index in [0.717, 1.165) is 11.1 Å². The van der Waals surface area contributed by atoms with Gasteiger partial charge in [0.25, 0.3) is 11.7 Å². The number of nitrogens with zero attached hydrogens (tertiary/aromatic N) is 2. The van der Waals surface area contributed by atoms with Gasteiger partial charge >= 0.3 is 0 Å². The summed E-state index contributed by atoms with van der Waals surface area (Å²) in [5.41, 5.74) is 3.21. The fourth-order valence-corrected chi connectivity index (χ4v) is 4.43. The number of hydrogen-bond acceptors (Lipinski definition) is 5. The van der Waals surface area contributed by atoms with Crippen molar-refractivity contribution in [2.24, 2.45) is 5.92 Å². The predicted octanol–water partition coefficient (Wildman–Crippen LogP) is 6.01. The number of aliphatic hydroxyl groups excluding tert-OH is 1. The Morgan fingerprint density at radius 1 is 1.06 bits per heavy atom. The number of halogens is 1. The van der Waals surface area contributed by atoms with E-state index in [0.29, 0.717) is 40.1 Å². The Balaban J connectivity index is 1.85. The van der Waals surface area contributed by atoms with E-state index in [1.165, 1.54) is 4.90 Å². The van der Waals surface area contributed by atoms with E-state index in [2.05, 4.69) is 18.8 Å². The molecule has 1 aliphatic heterocycles. The minimum Gasteiger partial charge on any atom is -0.507 e. The zero-order valence-corrected chi connectivity index (χ0v) is 20.8. The van der Waals surface area contributed by atoms with Crippen LogP contribution in [0.3, 0.4) is 0 Å². The second kappa shape index (κ2) is 9.92. The van der Waals surface area contributed by atoms with Crippen molar-refractivity contribution in [2.75, 3.05) is 11.5 Å². The molecule has 1 amide bonds. The number of hydrogen-bond donors (Lipinski definition) is 1. The van der Waals surface area contributed by atoms with Gasteiger partial charge in [-0.15, -0.1) is 0 Å². The molecule has 7 heteroatoms. The van der Waals surface area contributed by atoms with Crippen LogP contribution in [0.25, 0.3) is 5.76 Å². The zero-order chi connectivity index (χ0) is 25.3. The van der Waals surface area contributed by atoms with Crippen LogP contribution >= 0.6 is 11.6 Å². The highest BCUT2D eigenvalue weighted by atomic mass is 35.5. The minimum absolute atomic E-state index is 0.0193. The molecule has 0 bridgehead atoms. The summed E-state index contributed by atoms with van der Waals surface area (Å²) in [7, 11) is 0. The Morgan fingerprint density at radius 2 is 1.77 bits per heavy atom. The summed E-state index contributed by atoms with van der Waals surface area (Å²) in [5, 5.41) is 11.9. The Kier molecular flexibility index (Phi) is 6.94. The summed E-state index contributed by atoms with van der Waals surface area (Å²) in [6, 6.07) is 13.0. The fourth-order valence-electron chi connectivity index (χ4n) is 4.20. The highest BCUT2D eigenvalue weighted by Gasteiger charge is 2.47. The van der Waals surface area contributed by atoms with Crippen molar-refractivity contribution in [3.05, 3.63) is 93.8 Å². The van der Waals surface area contributed by atoms with Gasteiger partial charge in [0.2, 0.25) is 0 Å². The summed E-state index contributed by atoms with van der Waals surface area (Å²) in [4.78, 5) is 32.1. The molecule has 1 aliphatic rings. The minimum atomic E-state index is -0.824. The quantitative estimate of drug-likeness (QED) is 0.260. The first-order chi connectivity index (χ1) is 16.7. The van der Waals surface area contributed by atoms with Gasteiger partial charge in [0, 0.05) is 28.7 Å². The van der Waals surface area contributed by atoms with Crippen molar-refractivity contribution in [1.29, 1.82) is 0 Å². The Labute approximate surface area is 209 Å². The van der Waals surface area contributed by atoms with Crippen LogP contribution in [0, 0.1) is 19.8 Å². The van der Waals surface area contributed by atoms with Crippen molar-refractivity contribution >= 4 is 34.7 Å². The van der Waals surface area contributed by atoms with Gasteiger partial charge in [0.05, 0.1) is 18.2 Å². The van der Waals surface area contributed by atoms with Crippen LogP contribution in [0.5, 0.6) is 5.75 Å². The number of benzene rings is 2. The summed E-state index contributed by atoms with van der Waals surface area (Å²) in [6.45, 7) is 8.40. The molecule has 2 aromatic carbocycles. The van der Waals surface area contributed by atoms with E-state index >= 15 is 0 Å². The molecule has 1 aromatic heterocycles. The molecule has 35 heavy (non-hydrogen) atoms. The van der Waals surface area contributed by atoms with Gasteiger partial charge in [-0.3, -0.25) is 19.5 Å². The van der Waals surface area contributed by atoms with Gasteiger partial charge in [0.15, 0.2) is 0 Å². The molecule has 1 saturated heterocycles. The molecule has 0 saturated carbocycles. The van der Waals surface area contributed by atoms with Gasteiger partial charge in [-0.1, -0.05) is 25.4 Å². The first-order valence-electron chi connectivity index (χ1n) is 11.4. The number of pyridine rings is 1. The molecule has 2 heterocycles. The number of ketones is 1. The molecule has 180 valence electrons. The molecule has 0 aliphatic carbocycles. The second-order valence-corrected chi connectivity index (χ2v) is 9.50. The van der Waals surface area contributed by atoms with Gasteiger partial charge in [0.1, 0.15) is 11.5 Å². The van der Waals surface area contributed by atoms with E-state index in [9.17, 15) is 14.7 Å². The molecule has 1 atom stereocenters. The van der Waals surface area contributed by atoms with E-state index in [1.54, 1.807) is 60.9 Å². The lowest BCUT2D eigenvalue weighted by Gasteiger charge is -2.26. The molecular formula is C28H27ClN2O4. The first kappa shape index (κ1) is 24.5. The number of carbonyl (C=O) groups excluding carboxylic acids is 2. The lowest BCUT2D eigenvalue weighted by Crippen LogP contribution is -2.30. The number of ether oxygens (including phenoxy) is 1. The number of amides is 1. The number of anilines is 1. The van der Waals surface area contributed by atoms with Crippen LogP contribution in [0.4, 0.5) is 5.69 Å². The molecule has 1 fully saturated rings. The van der Waals surface area contributed by atoms with Crippen molar-refractivity contribution in [1.82, 2.24) is 4.98 Å². The predicted molar refractivity (Wildman–Crippen MR) is 137 cm³/mol. The van der Waals surface area contributed by atoms with Gasteiger partial charge in [-0.05, 0) is 85.0 Å². The second-order valence-electron chi connectivity index (χ2n) is 9.07. The summed E-state index contributed by atoms with van der Waals surface area (Å²) >= 11 is 6.13. The summed E-state index contributed by atoms with van der Waals surface area (Å²) in [5.74, 6) is -0.630. The smallest absolute Gasteiger partial charge is 0.300 e. The molecule has 0 spiro atoms. The van der Waals surface area contributed by atoms with Crippen molar-refractivity contribution in [3.8, 4) is 5.75 Å². The third-order valence-corrected chi connectivity index (χ3v) is 6.14. The standard InChI is InChI=1S/C28H27ClN2O4/c1-16(2)15-35-23-8-5-20(13-18(23)4)26(32)24-25(19-9-11-30-12-10-19)31(28(34)27(24)33)22-7-6-21(29)14-17(22)3/h5-14,16,25,32H,15H2,1-4H3/b26-24+. The van der Waals surface area contributed by atoms with Gasteiger partial charge < -0.3 is 9.84 Å². The molecule has 3 aromatic rings. The van der Waals surface area contributed by atoms with Crippen molar-refractivity contribution in [3.63, 3.8) is 0 Å². The third kappa shape index (κ3) is 4.80. The van der Waals surface area contributed by atoms with Crippen molar-refractivity contribution < 1.29 is 19.4 Å². The zero-order valence-electron chi connectivity index (χ0n) is 20.1. The van der Waals surface area contributed by atoms with E-state index in [4.69, 9.17) is 16.3 Å². The normalized spacial score (nSPS) is 17.3.